The van der Waals surface area contributed by atoms with Gasteiger partial charge in [-0.25, -0.2) is 0 Å². The molecular weight excluding hydrogens is 268 g/mol. The summed E-state index contributed by atoms with van der Waals surface area (Å²) >= 11 is 0. The smallest absolute Gasteiger partial charge is 0.240 e. The molecule has 0 unspecified atom stereocenters. The molecule has 3 rings (SSSR count). The number of nitrogens with two attached hydrogens (primary N) is 1. The number of nitrogens with one attached hydrogen (secondary N) is 2. The molecule has 0 spiro atoms. The van der Waals surface area contributed by atoms with Crippen molar-refractivity contribution < 1.29 is 4.79 Å². The molecule has 2 heterocycles. The van der Waals surface area contributed by atoms with Crippen molar-refractivity contribution in [3.8, 4) is 0 Å². The number of nitrogens with zero attached hydrogens (tertiary/aromatic N) is 3. The predicted octanol–water partition coefficient (Wildman–Crippen LogP) is -0.272. The van der Waals surface area contributed by atoms with E-state index in [0.29, 0.717) is 0 Å². The summed E-state index contributed by atoms with van der Waals surface area (Å²) in [6.07, 6.45) is 2.41. The van der Waals surface area contributed by atoms with Gasteiger partial charge in [-0.3, -0.25) is 4.79 Å². The summed E-state index contributed by atoms with van der Waals surface area (Å²) in [5.74, 6) is 2.01. The average Bonchev–Trinajstić information content (AvgIpc) is 3.15. The lowest BCUT2D eigenvalue weighted by Gasteiger charge is -2.24. The first-order valence-corrected chi connectivity index (χ1v) is 7.74. The second kappa shape index (κ2) is 5.38. The Kier molecular flexibility index (Phi) is 3.71. The second-order valence-corrected chi connectivity index (χ2v) is 6.48. The number of carbonyl (C=O) groups excluding carboxylic acids is 1. The molecule has 1 amide bonds. The van der Waals surface area contributed by atoms with E-state index in [4.69, 9.17) is 5.73 Å². The van der Waals surface area contributed by atoms with Gasteiger partial charge in [0, 0.05) is 26.1 Å². The van der Waals surface area contributed by atoms with Crippen molar-refractivity contribution in [2.45, 2.75) is 51.2 Å². The minimum Gasteiger partial charge on any atom is -0.344 e. The Morgan fingerprint density at radius 1 is 1.38 bits per heavy atom. The van der Waals surface area contributed by atoms with Gasteiger partial charge >= 0.3 is 0 Å². The molecule has 21 heavy (non-hydrogen) atoms. The maximum absolute atomic E-state index is 12.3. The van der Waals surface area contributed by atoms with Crippen molar-refractivity contribution in [2.24, 2.45) is 11.7 Å². The summed E-state index contributed by atoms with van der Waals surface area (Å²) in [7, 11) is 0. The Bertz CT molecular complexity index is 534. The normalized spacial score (nSPS) is 21.5. The van der Waals surface area contributed by atoms with Crippen LogP contribution in [0.15, 0.2) is 0 Å². The van der Waals surface area contributed by atoms with Gasteiger partial charge in [0.25, 0.3) is 0 Å². The quantitative estimate of drug-likeness (QED) is 0.709. The predicted molar refractivity (Wildman–Crippen MR) is 78.5 cm³/mol. The van der Waals surface area contributed by atoms with Crippen molar-refractivity contribution in [3.63, 3.8) is 0 Å². The van der Waals surface area contributed by atoms with Crippen LogP contribution in [0, 0.1) is 5.92 Å². The molecular formula is C14H24N6O. The number of hydrogen-bond acceptors (Lipinski definition) is 5. The highest BCUT2D eigenvalue weighted by Crippen LogP contribution is 2.33. The SMILES string of the molecule is CC(C)[C@H](NC(=O)C1(N)CC1)c1nnc2n1CCNCC2. The molecule has 0 bridgehead atoms. The summed E-state index contributed by atoms with van der Waals surface area (Å²) in [4.78, 5) is 12.3. The molecule has 0 saturated heterocycles. The van der Waals surface area contributed by atoms with Crippen molar-refractivity contribution in [3.05, 3.63) is 11.6 Å². The number of amides is 1. The minimum atomic E-state index is -0.656. The lowest BCUT2D eigenvalue weighted by molar-refractivity contribution is -0.124. The highest BCUT2D eigenvalue weighted by atomic mass is 16.2. The lowest BCUT2D eigenvalue weighted by Crippen LogP contribution is -2.46. The minimum absolute atomic E-state index is 0.0645. The fourth-order valence-corrected chi connectivity index (χ4v) is 2.70. The molecule has 1 atom stereocenters. The van der Waals surface area contributed by atoms with Gasteiger partial charge in [0.05, 0.1) is 11.6 Å². The van der Waals surface area contributed by atoms with E-state index in [1.807, 2.05) is 0 Å². The molecule has 1 aromatic rings. The van der Waals surface area contributed by atoms with Crippen LogP contribution in [0.5, 0.6) is 0 Å². The topological polar surface area (TPSA) is 97.9 Å². The van der Waals surface area contributed by atoms with Crippen LogP contribution >= 0.6 is 0 Å². The van der Waals surface area contributed by atoms with Crippen molar-refractivity contribution >= 4 is 5.91 Å². The molecule has 0 radical (unpaired) electrons. The van der Waals surface area contributed by atoms with E-state index in [1.165, 1.54) is 0 Å². The fourth-order valence-electron chi connectivity index (χ4n) is 2.70. The van der Waals surface area contributed by atoms with Crippen molar-refractivity contribution in [2.75, 3.05) is 13.1 Å². The zero-order valence-electron chi connectivity index (χ0n) is 12.7. The molecule has 7 heteroatoms. The van der Waals surface area contributed by atoms with Gasteiger partial charge in [-0.2, -0.15) is 0 Å². The highest BCUT2D eigenvalue weighted by Gasteiger charge is 2.47. The molecule has 116 valence electrons. The first-order valence-electron chi connectivity index (χ1n) is 7.74. The highest BCUT2D eigenvalue weighted by molar-refractivity contribution is 5.89. The second-order valence-electron chi connectivity index (χ2n) is 6.48. The fraction of sp³-hybridized carbons (Fsp3) is 0.786. The van der Waals surface area contributed by atoms with Gasteiger partial charge in [-0.15, -0.1) is 10.2 Å². The van der Waals surface area contributed by atoms with E-state index < -0.39 is 5.54 Å². The average molecular weight is 292 g/mol. The Balaban J connectivity index is 1.84. The van der Waals surface area contributed by atoms with Crippen LogP contribution in [0.1, 0.15) is 44.4 Å². The van der Waals surface area contributed by atoms with Crippen LogP contribution in [-0.2, 0) is 17.8 Å². The summed E-state index contributed by atoms with van der Waals surface area (Å²) in [6.45, 7) is 6.82. The van der Waals surface area contributed by atoms with Crippen LogP contribution in [-0.4, -0.2) is 39.3 Å². The van der Waals surface area contributed by atoms with Crippen LogP contribution in [0.4, 0.5) is 0 Å². The number of hydrogen-bond donors (Lipinski definition) is 3. The van der Waals surface area contributed by atoms with Crippen LogP contribution in [0.3, 0.4) is 0 Å². The molecule has 0 aromatic carbocycles. The van der Waals surface area contributed by atoms with Gasteiger partial charge in [-0.05, 0) is 18.8 Å². The van der Waals surface area contributed by atoms with Gasteiger partial charge in [-0.1, -0.05) is 13.8 Å². The third-order valence-corrected chi connectivity index (χ3v) is 4.37. The largest absolute Gasteiger partial charge is 0.344 e. The third-order valence-electron chi connectivity index (χ3n) is 4.37. The van der Waals surface area contributed by atoms with Gasteiger partial charge < -0.3 is 20.9 Å². The van der Waals surface area contributed by atoms with E-state index >= 15 is 0 Å². The lowest BCUT2D eigenvalue weighted by atomic mass is 10.0. The zero-order chi connectivity index (χ0) is 15.0. The Hall–Kier alpha value is -1.47. The van der Waals surface area contributed by atoms with E-state index in [0.717, 1.165) is 50.5 Å². The molecule has 1 aromatic heterocycles. The summed E-state index contributed by atoms with van der Waals surface area (Å²) in [6, 6.07) is -0.141. The Labute approximate surface area is 124 Å². The molecule has 4 N–H and O–H groups in total. The van der Waals surface area contributed by atoms with Crippen molar-refractivity contribution in [1.29, 1.82) is 0 Å². The van der Waals surface area contributed by atoms with Crippen LogP contribution in [0.25, 0.3) is 0 Å². The number of aromatic nitrogens is 3. The first-order chi connectivity index (χ1) is 10.0. The first kappa shape index (κ1) is 14.5. The number of fused-ring (bicyclic) bond motifs is 1. The molecule has 1 saturated carbocycles. The zero-order valence-corrected chi connectivity index (χ0v) is 12.7. The van der Waals surface area contributed by atoms with E-state index in [-0.39, 0.29) is 17.9 Å². The van der Waals surface area contributed by atoms with Crippen LogP contribution < -0.4 is 16.4 Å². The molecule has 1 aliphatic heterocycles. The Morgan fingerprint density at radius 3 is 2.81 bits per heavy atom. The maximum atomic E-state index is 12.3. The summed E-state index contributed by atoms with van der Waals surface area (Å²) in [5, 5.41) is 15.1. The van der Waals surface area contributed by atoms with E-state index in [9.17, 15) is 4.79 Å². The number of rotatable bonds is 4. The molecule has 2 aliphatic rings. The summed E-state index contributed by atoms with van der Waals surface area (Å²) < 4.78 is 2.14. The van der Waals surface area contributed by atoms with Gasteiger partial charge in [0.15, 0.2) is 5.82 Å². The molecule has 7 nitrogen and oxygen atoms in total. The maximum Gasteiger partial charge on any atom is 0.240 e. The standard InChI is InChI=1S/C14H24N6O/c1-9(2)11(17-13(21)14(15)4-5-14)12-19-18-10-3-6-16-7-8-20(10)12/h9,11,16H,3-8,15H2,1-2H3,(H,17,21)/t11-/m0/s1. The third kappa shape index (κ3) is 2.80. The van der Waals surface area contributed by atoms with Crippen LogP contribution in [0.2, 0.25) is 0 Å². The molecule has 1 fully saturated rings. The summed E-state index contributed by atoms with van der Waals surface area (Å²) in [5.41, 5.74) is 5.33. The van der Waals surface area contributed by atoms with E-state index in [2.05, 4.69) is 39.2 Å². The Morgan fingerprint density at radius 2 is 2.14 bits per heavy atom. The monoisotopic (exact) mass is 292 g/mol. The number of carbonyl (C=O) groups is 1. The van der Waals surface area contributed by atoms with Crippen molar-refractivity contribution in [1.82, 2.24) is 25.4 Å². The molecule has 1 aliphatic carbocycles. The van der Waals surface area contributed by atoms with E-state index in [1.54, 1.807) is 0 Å². The van der Waals surface area contributed by atoms with Gasteiger partial charge in [0.2, 0.25) is 5.91 Å². The van der Waals surface area contributed by atoms with Gasteiger partial charge in [0.1, 0.15) is 5.82 Å².